The van der Waals surface area contributed by atoms with Crippen LogP contribution in [-0.2, 0) is 14.3 Å². The molecule has 7 heteroatoms. The van der Waals surface area contributed by atoms with Crippen molar-refractivity contribution in [3.63, 3.8) is 0 Å². The molecule has 0 N–H and O–H groups in total. The third-order valence-electron chi connectivity index (χ3n) is 2.29. The molecule has 5 nitrogen and oxygen atoms in total. The van der Waals surface area contributed by atoms with Crippen molar-refractivity contribution in [2.45, 2.75) is 32.6 Å². The van der Waals surface area contributed by atoms with Gasteiger partial charge in [-0.3, -0.25) is 9.59 Å². The minimum absolute atomic E-state index is 0.107. The summed E-state index contributed by atoms with van der Waals surface area (Å²) in [4.78, 5) is 34.5. The minimum atomic E-state index is -0.832. The molecule has 0 bridgehead atoms. The highest BCUT2D eigenvalue weighted by Gasteiger charge is 2.35. The van der Waals surface area contributed by atoms with E-state index in [1.807, 2.05) is 0 Å². The van der Waals surface area contributed by atoms with E-state index in [1.54, 1.807) is 21.6 Å². The highest BCUT2D eigenvalue weighted by molar-refractivity contribution is 8.76. The number of hydrogen-bond acceptors (Lipinski definition) is 6. The zero-order valence-electron chi connectivity index (χ0n) is 10.3. The molecule has 18 heavy (non-hydrogen) atoms. The second-order valence-electron chi connectivity index (χ2n) is 3.73. The summed E-state index contributed by atoms with van der Waals surface area (Å²) in [6.45, 7) is 2.36. The fourth-order valence-electron chi connectivity index (χ4n) is 1.33. The van der Waals surface area contributed by atoms with Crippen LogP contribution in [0.25, 0.3) is 0 Å². The fourth-order valence-corrected chi connectivity index (χ4v) is 3.39. The minimum Gasteiger partial charge on any atom is -0.448 e. The Bertz CT molecular complexity index is 306. The Balaban J connectivity index is 2.10. The van der Waals surface area contributed by atoms with E-state index in [9.17, 15) is 14.4 Å². The van der Waals surface area contributed by atoms with Gasteiger partial charge in [-0.05, 0) is 6.42 Å². The third-order valence-corrected chi connectivity index (χ3v) is 4.75. The summed E-state index contributed by atoms with van der Waals surface area (Å²) < 4.78 is 4.88. The number of ether oxygens (including phenoxy) is 1. The summed E-state index contributed by atoms with van der Waals surface area (Å²) in [6.07, 6.45) is 1.72. The Kier molecular flexibility index (Phi) is 7.19. The van der Waals surface area contributed by atoms with Gasteiger partial charge in [-0.25, -0.2) is 4.79 Å². The average molecular weight is 291 g/mol. The van der Waals surface area contributed by atoms with Crippen LogP contribution in [0.1, 0.15) is 32.6 Å². The van der Waals surface area contributed by atoms with E-state index in [2.05, 4.69) is 6.92 Å². The van der Waals surface area contributed by atoms with E-state index in [4.69, 9.17) is 4.74 Å². The Hall–Kier alpha value is -0.690. The molecule has 1 heterocycles. The summed E-state index contributed by atoms with van der Waals surface area (Å²) in [6, 6.07) is 0. The first-order valence-corrected chi connectivity index (χ1v) is 8.42. The van der Waals surface area contributed by atoms with Crippen molar-refractivity contribution >= 4 is 39.5 Å². The molecule has 0 aliphatic carbocycles. The molecule has 1 aliphatic rings. The lowest BCUT2D eigenvalue weighted by Gasteiger charge is -2.11. The maximum atomic E-state index is 11.4. The van der Waals surface area contributed by atoms with E-state index >= 15 is 0 Å². The van der Waals surface area contributed by atoms with Crippen LogP contribution in [-0.4, -0.2) is 40.9 Å². The summed E-state index contributed by atoms with van der Waals surface area (Å²) in [5, 5.41) is 0. The van der Waals surface area contributed by atoms with E-state index in [0.717, 1.165) is 5.75 Å². The van der Waals surface area contributed by atoms with Gasteiger partial charge in [0.2, 0.25) is 11.8 Å². The molecular formula is C11H17NO4S2. The molecule has 1 fully saturated rings. The van der Waals surface area contributed by atoms with Crippen LogP contribution in [0.3, 0.4) is 0 Å². The molecule has 0 spiro atoms. The van der Waals surface area contributed by atoms with E-state index in [-0.39, 0.29) is 19.4 Å². The van der Waals surface area contributed by atoms with E-state index in [1.165, 1.54) is 12.8 Å². The van der Waals surface area contributed by atoms with Crippen LogP contribution in [0.4, 0.5) is 4.79 Å². The van der Waals surface area contributed by atoms with Gasteiger partial charge >= 0.3 is 6.09 Å². The van der Waals surface area contributed by atoms with Gasteiger partial charge in [0.25, 0.3) is 0 Å². The quantitative estimate of drug-likeness (QED) is 0.408. The van der Waals surface area contributed by atoms with Gasteiger partial charge in [-0.15, -0.1) is 0 Å². The second kappa shape index (κ2) is 8.42. The van der Waals surface area contributed by atoms with Crippen LogP contribution < -0.4 is 0 Å². The third kappa shape index (κ3) is 4.89. The van der Waals surface area contributed by atoms with Crippen LogP contribution in [0.5, 0.6) is 0 Å². The van der Waals surface area contributed by atoms with Gasteiger partial charge in [0.1, 0.15) is 6.61 Å². The predicted octanol–water partition coefficient (Wildman–Crippen LogP) is 2.45. The first-order chi connectivity index (χ1) is 8.66. The molecule has 0 atom stereocenters. The molecule has 0 radical (unpaired) electrons. The summed E-state index contributed by atoms with van der Waals surface area (Å²) in [5.41, 5.74) is 0. The number of unbranched alkanes of at least 4 members (excludes halogenated alkanes) is 1. The monoisotopic (exact) mass is 291 g/mol. The van der Waals surface area contributed by atoms with Crippen molar-refractivity contribution in [2.24, 2.45) is 0 Å². The zero-order chi connectivity index (χ0) is 13.4. The number of rotatable bonds is 7. The van der Waals surface area contributed by atoms with Gasteiger partial charge in [0.05, 0.1) is 0 Å². The molecule has 1 rings (SSSR count). The molecule has 0 aromatic carbocycles. The number of carbonyl (C=O) groups is 3. The Morgan fingerprint density at radius 2 is 1.83 bits per heavy atom. The largest absolute Gasteiger partial charge is 0.448 e. The van der Waals surface area contributed by atoms with Gasteiger partial charge in [-0.1, -0.05) is 34.9 Å². The van der Waals surface area contributed by atoms with Crippen LogP contribution >= 0.6 is 21.6 Å². The second-order valence-corrected chi connectivity index (χ2v) is 6.44. The van der Waals surface area contributed by atoms with Crippen molar-refractivity contribution in [1.82, 2.24) is 4.90 Å². The highest BCUT2D eigenvalue weighted by atomic mass is 33.1. The number of carbonyl (C=O) groups excluding carboxylic acids is 3. The molecule has 1 saturated heterocycles. The Labute approximate surface area is 114 Å². The molecule has 0 aromatic rings. The van der Waals surface area contributed by atoms with Crippen LogP contribution in [0.15, 0.2) is 0 Å². The molecule has 3 amide bonds. The van der Waals surface area contributed by atoms with E-state index < -0.39 is 17.9 Å². The predicted molar refractivity (Wildman–Crippen MR) is 72.3 cm³/mol. The summed E-state index contributed by atoms with van der Waals surface area (Å²) in [7, 11) is 3.37. The van der Waals surface area contributed by atoms with Crippen LogP contribution in [0.2, 0.25) is 0 Å². The van der Waals surface area contributed by atoms with Gasteiger partial charge in [-0.2, -0.15) is 4.90 Å². The average Bonchev–Trinajstić information content (AvgIpc) is 2.68. The van der Waals surface area contributed by atoms with Crippen LogP contribution in [0, 0.1) is 0 Å². The molecule has 0 saturated carbocycles. The maximum absolute atomic E-state index is 11.4. The number of imide groups is 3. The molecule has 0 unspecified atom stereocenters. The number of amides is 3. The standard InChI is InChI=1S/C11H17NO4S2/c1-2-3-7-17-18-8-6-16-11(15)12-9(13)4-5-10(12)14/h2-8H2,1H3. The van der Waals surface area contributed by atoms with E-state index in [0.29, 0.717) is 10.7 Å². The first kappa shape index (κ1) is 15.4. The maximum Gasteiger partial charge on any atom is 0.423 e. The fraction of sp³-hybridized carbons (Fsp3) is 0.727. The van der Waals surface area contributed by atoms with Crippen molar-refractivity contribution in [1.29, 1.82) is 0 Å². The van der Waals surface area contributed by atoms with Gasteiger partial charge < -0.3 is 4.74 Å². The number of nitrogens with zero attached hydrogens (tertiary/aromatic N) is 1. The van der Waals surface area contributed by atoms with Crippen molar-refractivity contribution < 1.29 is 19.1 Å². The summed E-state index contributed by atoms with van der Waals surface area (Å²) >= 11 is 0. The summed E-state index contributed by atoms with van der Waals surface area (Å²) in [5.74, 6) is 0.819. The lowest BCUT2D eigenvalue weighted by molar-refractivity contribution is -0.136. The number of hydrogen-bond donors (Lipinski definition) is 0. The lowest BCUT2D eigenvalue weighted by atomic mass is 10.4. The zero-order valence-corrected chi connectivity index (χ0v) is 12.0. The molecule has 102 valence electrons. The van der Waals surface area contributed by atoms with Gasteiger partial charge in [0.15, 0.2) is 0 Å². The van der Waals surface area contributed by atoms with Gasteiger partial charge in [0, 0.05) is 24.3 Å². The topological polar surface area (TPSA) is 63.7 Å². The SMILES string of the molecule is CCCCSSCCOC(=O)N1C(=O)CCC1=O. The Morgan fingerprint density at radius 3 is 2.44 bits per heavy atom. The lowest BCUT2D eigenvalue weighted by Crippen LogP contribution is -2.36. The smallest absolute Gasteiger partial charge is 0.423 e. The molecule has 0 aromatic heterocycles. The van der Waals surface area contributed by atoms with Crippen molar-refractivity contribution in [3.05, 3.63) is 0 Å². The van der Waals surface area contributed by atoms with Crippen molar-refractivity contribution in [2.75, 3.05) is 18.1 Å². The van der Waals surface area contributed by atoms with Crippen molar-refractivity contribution in [3.8, 4) is 0 Å². The molecule has 1 aliphatic heterocycles. The number of likely N-dealkylation sites (tertiary alicyclic amines) is 1. The molecular weight excluding hydrogens is 274 g/mol. The highest BCUT2D eigenvalue weighted by Crippen LogP contribution is 2.22. The normalized spacial score (nSPS) is 15.3. The first-order valence-electron chi connectivity index (χ1n) is 5.93. The Morgan fingerprint density at radius 1 is 1.22 bits per heavy atom.